The van der Waals surface area contributed by atoms with Gasteiger partial charge < -0.3 is 4.42 Å². The van der Waals surface area contributed by atoms with E-state index < -0.39 is 0 Å². The third-order valence-corrected chi connectivity index (χ3v) is 9.25. The van der Waals surface area contributed by atoms with Gasteiger partial charge in [0.2, 0.25) is 0 Å². The number of hydrogen-bond acceptors (Lipinski definition) is 4. The maximum Gasteiger partial charge on any atom is 0.164 e. The highest BCUT2D eigenvalue weighted by atomic mass is 16.3. The SMILES string of the molecule is c1ccc(-c2nc(-c3ccc4ccccc4c3)nc(-c3ccc4c(ccc5ccc6cc7oc8ccccc8c7cc6c54)c3)n2)cc1. The second kappa shape index (κ2) is 10.1. The molecule has 10 aromatic rings. The second-order valence-electron chi connectivity index (χ2n) is 12.1. The molecule has 0 N–H and O–H groups in total. The zero-order chi connectivity index (χ0) is 30.9. The lowest BCUT2D eigenvalue weighted by Crippen LogP contribution is -2.00. The van der Waals surface area contributed by atoms with Crippen molar-refractivity contribution in [1.29, 1.82) is 0 Å². The number of rotatable bonds is 3. The molecule has 0 saturated carbocycles. The second-order valence-corrected chi connectivity index (χ2v) is 12.1. The van der Waals surface area contributed by atoms with Gasteiger partial charge in [0.25, 0.3) is 0 Å². The van der Waals surface area contributed by atoms with Gasteiger partial charge in [0.1, 0.15) is 11.2 Å². The van der Waals surface area contributed by atoms with Gasteiger partial charge in [-0.3, -0.25) is 0 Å². The predicted octanol–water partition coefficient (Wildman–Crippen LogP) is 11.4. The summed E-state index contributed by atoms with van der Waals surface area (Å²) >= 11 is 0. The van der Waals surface area contributed by atoms with Crippen molar-refractivity contribution in [2.75, 3.05) is 0 Å². The molecule has 4 nitrogen and oxygen atoms in total. The van der Waals surface area contributed by atoms with Gasteiger partial charge in [-0.15, -0.1) is 0 Å². The molecule has 0 unspecified atom stereocenters. The molecule has 2 heterocycles. The molecule has 0 atom stereocenters. The van der Waals surface area contributed by atoms with Gasteiger partial charge >= 0.3 is 0 Å². The Balaban J connectivity index is 1.18. The highest BCUT2D eigenvalue weighted by Crippen LogP contribution is 2.38. The van der Waals surface area contributed by atoms with Crippen LogP contribution in [0.2, 0.25) is 0 Å². The fraction of sp³-hybridized carbons (Fsp3) is 0. The molecule has 0 aliphatic heterocycles. The predicted molar refractivity (Wildman–Crippen MR) is 193 cm³/mol. The van der Waals surface area contributed by atoms with Gasteiger partial charge in [-0.05, 0) is 73.4 Å². The van der Waals surface area contributed by atoms with Crippen LogP contribution in [-0.4, -0.2) is 15.0 Å². The summed E-state index contributed by atoms with van der Waals surface area (Å²) in [5.74, 6) is 1.95. The van der Waals surface area contributed by atoms with E-state index in [2.05, 4.69) is 109 Å². The average molecular weight is 600 g/mol. The first kappa shape index (κ1) is 25.9. The summed E-state index contributed by atoms with van der Waals surface area (Å²) < 4.78 is 6.21. The largest absolute Gasteiger partial charge is 0.456 e. The number of fused-ring (bicyclic) bond motifs is 9. The first-order valence-corrected chi connectivity index (χ1v) is 15.8. The van der Waals surface area contributed by atoms with Crippen LogP contribution in [0.5, 0.6) is 0 Å². The summed E-state index contributed by atoms with van der Waals surface area (Å²) in [4.78, 5) is 15.0. The van der Waals surface area contributed by atoms with Crippen molar-refractivity contribution < 1.29 is 4.42 Å². The van der Waals surface area contributed by atoms with Crippen LogP contribution < -0.4 is 0 Å². The van der Waals surface area contributed by atoms with Gasteiger partial charge in [0.15, 0.2) is 17.5 Å². The summed E-state index contributed by atoms with van der Waals surface area (Å²) in [6.45, 7) is 0. The molecule has 0 fully saturated rings. The minimum absolute atomic E-state index is 0.647. The van der Waals surface area contributed by atoms with Crippen molar-refractivity contribution in [3.05, 3.63) is 152 Å². The number of hydrogen-bond donors (Lipinski definition) is 0. The van der Waals surface area contributed by atoms with Crippen molar-refractivity contribution >= 4 is 65.0 Å². The molecule has 47 heavy (non-hydrogen) atoms. The molecule has 10 rings (SSSR count). The lowest BCUT2D eigenvalue weighted by atomic mass is 9.94. The lowest BCUT2D eigenvalue weighted by molar-refractivity contribution is 0.669. The molecule has 0 spiro atoms. The fourth-order valence-corrected chi connectivity index (χ4v) is 6.93. The number of para-hydroxylation sites is 1. The first-order chi connectivity index (χ1) is 23.2. The number of nitrogens with zero attached hydrogens (tertiary/aromatic N) is 3. The molecular formula is C43H25N3O. The summed E-state index contributed by atoms with van der Waals surface area (Å²) in [6, 6.07) is 52.9. The van der Waals surface area contributed by atoms with Crippen molar-refractivity contribution in [2.24, 2.45) is 0 Å². The highest BCUT2D eigenvalue weighted by molar-refractivity contribution is 6.23. The minimum Gasteiger partial charge on any atom is -0.456 e. The molecule has 0 saturated heterocycles. The Hall–Kier alpha value is -6.39. The molecule has 0 amide bonds. The number of aromatic nitrogens is 3. The van der Waals surface area contributed by atoms with Crippen LogP contribution in [0.15, 0.2) is 156 Å². The zero-order valence-electron chi connectivity index (χ0n) is 25.2. The average Bonchev–Trinajstić information content (AvgIpc) is 3.50. The van der Waals surface area contributed by atoms with Crippen molar-refractivity contribution in [2.45, 2.75) is 0 Å². The molecule has 0 aliphatic carbocycles. The lowest BCUT2D eigenvalue weighted by Gasteiger charge is -2.11. The maximum absolute atomic E-state index is 6.21. The van der Waals surface area contributed by atoms with Crippen molar-refractivity contribution in [1.82, 2.24) is 15.0 Å². The van der Waals surface area contributed by atoms with E-state index in [1.54, 1.807) is 0 Å². The van der Waals surface area contributed by atoms with E-state index in [1.165, 1.54) is 26.9 Å². The molecule has 0 aliphatic rings. The van der Waals surface area contributed by atoms with Crippen LogP contribution in [0.3, 0.4) is 0 Å². The Labute approximate surface area is 269 Å². The minimum atomic E-state index is 0.647. The van der Waals surface area contributed by atoms with Gasteiger partial charge in [-0.2, -0.15) is 0 Å². The Morgan fingerprint density at radius 3 is 1.72 bits per heavy atom. The third kappa shape index (κ3) is 4.19. The topological polar surface area (TPSA) is 51.8 Å². The standard InChI is InChI=1S/C43H25N3O/c1-2-9-28(10-3-1)41-44-42(32-19-14-26-8-4-5-11-29(26)22-32)46-43(45-41)33-20-21-34-30(23-33)17-15-27-16-18-31-24-39-37(25-36(31)40(27)34)35-12-6-7-13-38(35)47-39/h1-25H. The summed E-state index contributed by atoms with van der Waals surface area (Å²) in [5, 5.41) is 11.7. The number of benzene rings is 8. The first-order valence-electron chi connectivity index (χ1n) is 15.8. The van der Waals surface area contributed by atoms with Crippen molar-refractivity contribution in [3.8, 4) is 34.2 Å². The van der Waals surface area contributed by atoms with Crippen molar-refractivity contribution in [3.63, 3.8) is 0 Å². The molecule has 2 aromatic heterocycles. The molecule has 218 valence electrons. The molecule has 0 radical (unpaired) electrons. The van der Waals surface area contributed by atoms with Crippen LogP contribution in [0.1, 0.15) is 0 Å². The van der Waals surface area contributed by atoms with E-state index in [9.17, 15) is 0 Å². The molecule has 0 bridgehead atoms. The Morgan fingerprint density at radius 2 is 0.915 bits per heavy atom. The van der Waals surface area contributed by atoms with E-state index in [-0.39, 0.29) is 0 Å². The molecule has 8 aromatic carbocycles. The van der Waals surface area contributed by atoms with E-state index in [0.29, 0.717) is 17.5 Å². The van der Waals surface area contributed by atoms with Gasteiger partial charge in [-0.25, -0.2) is 15.0 Å². The van der Waals surface area contributed by atoms with Crippen LogP contribution in [0.25, 0.3) is 99.2 Å². The summed E-state index contributed by atoms with van der Waals surface area (Å²) in [6.07, 6.45) is 0. The highest BCUT2D eigenvalue weighted by Gasteiger charge is 2.15. The van der Waals surface area contributed by atoms with Crippen LogP contribution >= 0.6 is 0 Å². The van der Waals surface area contributed by atoms with E-state index in [1.807, 2.05) is 42.5 Å². The van der Waals surface area contributed by atoms with E-state index in [0.717, 1.165) is 54.8 Å². The normalized spacial score (nSPS) is 11.8. The molecular weight excluding hydrogens is 574 g/mol. The van der Waals surface area contributed by atoms with Crippen LogP contribution in [-0.2, 0) is 0 Å². The smallest absolute Gasteiger partial charge is 0.164 e. The Morgan fingerprint density at radius 1 is 0.319 bits per heavy atom. The summed E-state index contributed by atoms with van der Waals surface area (Å²) in [5.41, 5.74) is 4.68. The third-order valence-electron chi connectivity index (χ3n) is 9.25. The fourth-order valence-electron chi connectivity index (χ4n) is 6.93. The monoisotopic (exact) mass is 599 g/mol. The Kier molecular flexibility index (Phi) is 5.54. The van der Waals surface area contributed by atoms with E-state index >= 15 is 0 Å². The van der Waals surface area contributed by atoms with Gasteiger partial charge in [-0.1, -0.05) is 121 Å². The maximum atomic E-state index is 6.21. The van der Waals surface area contributed by atoms with Crippen LogP contribution in [0, 0.1) is 0 Å². The quantitative estimate of drug-likeness (QED) is 0.190. The summed E-state index contributed by atoms with van der Waals surface area (Å²) in [7, 11) is 0. The van der Waals surface area contributed by atoms with Gasteiger partial charge in [0.05, 0.1) is 0 Å². The molecule has 4 heteroatoms. The van der Waals surface area contributed by atoms with Gasteiger partial charge in [0, 0.05) is 27.5 Å². The zero-order valence-corrected chi connectivity index (χ0v) is 25.2. The van der Waals surface area contributed by atoms with E-state index in [4.69, 9.17) is 19.4 Å². The number of furan rings is 1. The Bertz CT molecular complexity index is 2850. The van der Waals surface area contributed by atoms with Crippen LogP contribution in [0.4, 0.5) is 0 Å².